The molecule has 4 aromatic rings. The van der Waals surface area contributed by atoms with Crippen LogP contribution in [0, 0.1) is 5.92 Å². The molecule has 2 N–H and O–H groups in total. The van der Waals surface area contributed by atoms with E-state index in [0.29, 0.717) is 25.1 Å². The zero-order valence-electron chi connectivity index (χ0n) is 15.4. The number of nitrogens with zero attached hydrogens (tertiary/aromatic N) is 2. The number of hydrogen-bond donors (Lipinski definition) is 2. The maximum atomic E-state index is 13.0. The van der Waals surface area contributed by atoms with Gasteiger partial charge in [-0.05, 0) is 24.6 Å². The molecular weight excluding hydrogens is 350 g/mol. The van der Waals surface area contributed by atoms with E-state index in [1.807, 2.05) is 54.6 Å². The molecule has 28 heavy (non-hydrogen) atoms. The Kier molecular flexibility index (Phi) is 4.10. The zero-order chi connectivity index (χ0) is 19.1. The molecule has 140 valence electrons. The van der Waals surface area contributed by atoms with Crippen LogP contribution in [0.25, 0.3) is 21.8 Å². The van der Waals surface area contributed by atoms with Crippen molar-refractivity contribution in [2.45, 2.75) is 12.5 Å². The van der Waals surface area contributed by atoms with Crippen LogP contribution in [-0.2, 0) is 6.42 Å². The Labute approximate surface area is 162 Å². The van der Waals surface area contributed by atoms with Crippen LogP contribution in [0.3, 0.4) is 0 Å². The number of carbonyl (C=O) groups excluding carboxylic acids is 1. The third-order valence-corrected chi connectivity index (χ3v) is 5.64. The average molecular weight is 371 g/mol. The molecule has 1 fully saturated rings. The fourth-order valence-corrected chi connectivity index (χ4v) is 4.13. The summed E-state index contributed by atoms with van der Waals surface area (Å²) in [6, 6.07) is 19.9. The number of aromatic amines is 1. The lowest BCUT2D eigenvalue weighted by molar-refractivity contribution is 0.0766. The van der Waals surface area contributed by atoms with E-state index in [9.17, 15) is 9.90 Å². The summed E-state index contributed by atoms with van der Waals surface area (Å²) in [5, 5.41) is 12.6. The van der Waals surface area contributed by atoms with E-state index in [0.717, 1.165) is 27.5 Å². The second-order valence-corrected chi connectivity index (χ2v) is 7.48. The van der Waals surface area contributed by atoms with Crippen molar-refractivity contribution in [1.29, 1.82) is 0 Å². The van der Waals surface area contributed by atoms with Gasteiger partial charge in [0.1, 0.15) is 0 Å². The van der Waals surface area contributed by atoms with Crippen LogP contribution in [0.4, 0.5) is 0 Å². The molecule has 0 unspecified atom stereocenters. The number of carbonyl (C=O) groups is 1. The van der Waals surface area contributed by atoms with Gasteiger partial charge in [-0.3, -0.25) is 9.78 Å². The Morgan fingerprint density at radius 2 is 1.89 bits per heavy atom. The predicted octanol–water partition coefficient (Wildman–Crippen LogP) is 3.39. The number of rotatable bonds is 3. The highest BCUT2D eigenvalue weighted by atomic mass is 16.3. The molecule has 2 aromatic carbocycles. The van der Waals surface area contributed by atoms with Gasteiger partial charge in [0.15, 0.2) is 0 Å². The van der Waals surface area contributed by atoms with Crippen molar-refractivity contribution in [3.05, 3.63) is 78.1 Å². The SMILES string of the molecule is O=C(c1c[nH]c2ccccc12)N1C[C@@H](Cc2ccc3ccccc3n2)[C@H](O)C1. The van der Waals surface area contributed by atoms with Gasteiger partial charge in [0.2, 0.25) is 0 Å². The first kappa shape index (κ1) is 17.0. The normalized spacial score (nSPS) is 19.5. The summed E-state index contributed by atoms with van der Waals surface area (Å²) >= 11 is 0. The molecule has 5 rings (SSSR count). The van der Waals surface area contributed by atoms with Crippen LogP contribution < -0.4 is 0 Å². The van der Waals surface area contributed by atoms with Crippen molar-refractivity contribution in [2.24, 2.45) is 5.92 Å². The van der Waals surface area contributed by atoms with Crippen LogP contribution in [0.1, 0.15) is 16.1 Å². The molecule has 1 saturated heterocycles. The number of fused-ring (bicyclic) bond motifs is 2. The van der Waals surface area contributed by atoms with Gasteiger partial charge in [0.05, 0.1) is 17.2 Å². The Hall–Kier alpha value is -3.18. The number of pyridine rings is 1. The topological polar surface area (TPSA) is 69.2 Å². The van der Waals surface area contributed by atoms with E-state index in [2.05, 4.69) is 11.1 Å². The first-order valence-electron chi connectivity index (χ1n) is 9.57. The Morgan fingerprint density at radius 1 is 1.07 bits per heavy atom. The third kappa shape index (κ3) is 2.94. The number of benzene rings is 2. The van der Waals surface area contributed by atoms with E-state index >= 15 is 0 Å². The number of amides is 1. The largest absolute Gasteiger partial charge is 0.391 e. The van der Waals surface area contributed by atoms with Gasteiger partial charge >= 0.3 is 0 Å². The van der Waals surface area contributed by atoms with E-state index in [1.165, 1.54) is 0 Å². The molecule has 0 spiro atoms. The van der Waals surface area contributed by atoms with Gasteiger partial charge < -0.3 is 15.0 Å². The number of aliphatic hydroxyl groups excluding tert-OH is 1. The summed E-state index contributed by atoms with van der Waals surface area (Å²) in [6.45, 7) is 0.893. The van der Waals surface area contributed by atoms with Crippen molar-refractivity contribution < 1.29 is 9.90 Å². The van der Waals surface area contributed by atoms with Gasteiger partial charge in [-0.1, -0.05) is 42.5 Å². The third-order valence-electron chi connectivity index (χ3n) is 5.64. The Bertz CT molecular complexity index is 1170. The fraction of sp³-hybridized carbons (Fsp3) is 0.217. The number of aliphatic hydroxyl groups is 1. The summed E-state index contributed by atoms with van der Waals surface area (Å²) in [6.07, 6.45) is 1.88. The number of hydrogen-bond acceptors (Lipinski definition) is 3. The van der Waals surface area contributed by atoms with Crippen LogP contribution >= 0.6 is 0 Å². The lowest BCUT2D eigenvalue weighted by Crippen LogP contribution is -2.29. The Morgan fingerprint density at radius 3 is 2.82 bits per heavy atom. The monoisotopic (exact) mass is 371 g/mol. The summed E-state index contributed by atoms with van der Waals surface area (Å²) in [7, 11) is 0. The number of aromatic nitrogens is 2. The summed E-state index contributed by atoms with van der Waals surface area (Å²) in [5.41, 5.74) is 3.51. The molecule has 3 heterocycles. The highest BCUT2D eigenvalue weighted by molar-refractivity contribution is 6.06. The van der Waals surface area contributed by atoms with Crippen LogP contribution in [0.2, 0.25) is 0 Å². The van der Waals surface area contributed by atoms with E-state index in [4.69, 9.17) is 4.98 Å². The molecule has 1 amide bonds. The maximum Gasteiger partial charge on any atom is 0.256 e. The molecule has 1 aliphatic rings. The molecule has 0 bridgehead atoms. The van der Waals surface area contributed by atoms with Crippen LogP contribution in [-0.4, -0.2) is 45.1 Å². The van der Waals surface area contributed by atoms with Crippen molar-refractivity contribution in [3.63, 3.8) is 0 Å². The molecule has 0 saturated carbocycles. The van der Waals surface area contributed by atoms with E-state index in [1.54, 1.807) is 11.1 Å². The van der Waals surface area contributed by atoms with Gasteiger partial charge in [0, 0.05) is 47.2 Å². The molecule has 5 nitrogen and oxygen atoms in total. The highest BCUT2D eigenvalue weighted by Gasteiger charge is 2.35. The van der Waals surface area contributed by atoms with Crippen molar-refractivity contribution in [3.8, 4) is 0 Å². The number of β-amino-alcohol motifs (C(OH)–C–C–N with tert-alkyl or cyclic N) is 1. The number of nitrogens with one attached hydrogen (secondary N) is 1. The summed E-state index contributed by atoms with van der Waals surface area (Å²) in [4.78, 5) is 22.6. The summed E-state index contributed by atoms with van der Waals surface area (Å²) in [5.74, 6) is -0.0479. The van der Waals surface area contributed by atoms with Crippen molar-refractivity contribution >= 4 is 27.7 Å². The van der Waals surface area contributed by atoms with E-state index in [-0.39, 0.29) is 11.8 Å². The minimum absolute atomic E-state index is 0.0113. The van der Waals surface area contributed by atoms with Crippen molar-refractivity contribution in [2.75, 3.05) is 13.1 Å². The lowest BCUT2D eigenvalue weighted by Gasteiger charge is -2.16. The second kappa shape index (κ2) is 6.77. The second-order valence-electron chi connectivity index (χ2n) is 7.48. The molecule has 2 atom stereocenters. The quantitative estimate of drug-likeness (QED) is 0.580. The van der Waals surface area contributed by atoms with Gasteiger partial charge in [-0.2, -0.15) is 0 Å². The van der Waals surface area contributed by atoms with Gasteiger partial charge in [-0.25, -0.2) is 0 Å². The first-order valence-corrected chi connectivity index (χ1v) is 9.57. The van der Waals surface area contributed by atoms with Gasteiger partial charge in [0.25, 0.3) is 5.91 Å². The highest BCUT2D eigenvalue weighted by Crippen LogP contribution is 2.26. The maximum absolute atomic E-state index is 13.0. The first-order chi connectivity index (χ1) is 13.7. The number of likely N-dealkylation sites (tertiary alicyclic amines) is 1. The molecular formula is C23H21N3O2. The zero-order valence-corrected chi connectivity index (χ0v) is 15.4. The number of para-hydroxylation sites is 2. The van der Waals surface area contributed by atoms with E-state index < -0.39 is 6.10 Å². The average Bonchev–Trinajstić information content (AvgIpc) is 3.31. The molecule has 2 aromatic heterocycles. The lowest BCUT2D eigenvalue weighted by atomic mass is 9.99. The Balaban J connectivity index is 1.35. The molecule has 0 radical (unpaired) electrons. The standard InChI is InChI=1S/C23H21N3O2/c27-22-14-26(23(28)19-12-24-21-8-4-2-6-18(19)21)13-16(22)11-17-10-9-15-5-1-3-7-20(15)25-17/h1-10,12,16,22,24,27H,11,13-14H2/t16-,22-/m1/s1. The molecule has 5 heteroatoms. The molecule has 1 aliphatic heterocycles. The van der Waals surface area contributed by atoms with Crippen LogP contribution in [0.5, 0.6) is 0 Å². The van der Waals surface area contributed by atoms with Gasteiger partial charge in [-0.15, -0.1) is 0 Å². The fourth-order valence-electron chi connectivity index (χ4n) is 4.13. The minimum Gasteiger partial charge on any atom is -0.391 e. The minimum atomic E-state index is -0.539. The van der Waals surface area contributed by atoms with Crippen molar-refractivity contribution in [1.82, 2.24) is 14.9 Å². The number of H-pyrrole nitrogens is 1. The summed E-state index contributed by atoms with van der Waals surface area (Å²) < 4.78 is 0. The molecule has 0 aliphatic carbocycles. The van der Waals surface area contributed by atoms with Crippen LogP contribution in [0.15, 0.2) is 66.9 Å². The smallest absolute Gasteiger partial charge is 0.256 e. The predicted molar refractivity (Wildman–Crippen MR) is 109 cm³/mol.